The average molecular weight is 670 g/mol. The molecule has 1 unspecified atom stereocenters. The molecule has 1 spiro atoms. The van der Waals surface area contributed by atoms with E-state index in [1.165, 1.54) is 0 Å². The van der Waals surface area contributed by atoms with Crippen LogP contribution in [0.25, 0.3) is 33.1 Å². The third kappa shape index (κ3) is 5.35. The summed E-state index contributed by atoms with van der Waals surface area (Å²) >= 11 is 6.78. The number of nitrogens with zero attached hydrogens (tertiary/aromatic N) is 6. The van der Waals surface area contributed by atoms with Gasteiger partial charge in [0.05, 0.1) is 29.7 Å². The number of nitrogens with one attached hydrogen (secondary N) is 1. The van der Waals surface area contributed by atoms with Crippen LogP contribution in [0.3, 0.4) is 0 Å². The molecule has 13 heteroatoms. The Morgan fingerprint density at radius 1 is 1.11 bits per heavy atom. The van der Waals surface area contributed by atoms with Gasteiger partial charge in [0, 0.05) is 73.9 Å². The lowest BCUT2D eigenvalue weighted by Gasteiger charge is -2.51. The monoisotopic (exact) mass is 669 g/mol. The Bertz CT molecular complexity index is 1840. The minimum atomic E-state index is -2.70. The van der Waals surface area contributed by atoms with Crippen LogP contribution in [0, 0.1) is 11.2 Å². The van der Waals surface area contributed by atoms with Crippen molar-refractivity contribution >= 4 is 39.2 Å². The molecule has 0 bridgehead atoms. The minimum Gasteiger partial charge on any atom is -0.393 e. The van der Waals surface area contributed by atoms with E-state index < -0.39 is 17.3 Å². The number of pyridine rings is 1. The van der Waals surface area contributed by atoms with Crippen LogP contribution >= 0.6 is 11.6 Å². The summed E-state index contributed by atoms with van der Waals surface area (Å²) in [5.74, 6) is -2.23. The fourth-order valence-corrected chi connectivity index (χ4v) is 9.15. The summed E-state index contributed by atoms with van der Waals surface area (Å²) in [5.41, 5.74) is 1.72. The number of fused-ring (bicyclic) bond motifs is 3. The Labute approximate surface area is 275 Å². The summed E-state index contributed by atoms with van der Waals surface area (Å²) in [5, 5.41) is 19.0. The average Bonchev–Trinajstić information content (AvgIpc) is 3.56. The van der Waals surface area contributed by atoms with Crippen LogP contribution in [-0.2, 0) is 17.6 Å². The van der Waals surface area contributed by atoms with Gasteiger partial charge in [-0.25, -0.2) is 23.1 Å². The van der Waals surface area contributed by atoms with Crippen molar-refractivity contribution in [3.05, 3.63) is 40.7 Å². The number of aromatic nitrogens is 5. The molecular formula is C34H39ClF3N7O2. The lowest BCUT2D eigenvalue weighted by molar-refractivity contribution is -0.0396. The van der Waals surface area contributed by atoms with E-state index in [-0.39, 0.29) is 35.7 Å². The second kappa shape index (κ2) is 11.5. The first-order valence-electron chi connectivity index (χ1n) is 16.6. The second-order valence-electron chi connectivity index (χ2n) is 14.3. The number of methoxy groups -OCH3 is 1. The fourth-order valence-electron chi connectivity index (χ4n) is 8.85. The van der Waals surface area contributed by atoms with E-state index in [0.717, 1.165) is 37.8 Å². The normalized spacial score (nSPS) is 27.0. The summed E-state index contributed by atoms with van der Waals surface area (Å²) in [7, 11) is 1.64. The predicted molar refractivity (Wildman–Crippen MR) is 174 cm³/mol. The van der Waals surface area contributed by atoms with Crippen LogP contribution in [0.2, 0.25) is 5.02 Å². The van der Waals surface area contributed by atoms with E-state index in [1.54, 1.807) is 25.6 Å². The summed E-state index contributed by atoms with van der Waals surface area (Å²) in [6, 6.07) is 1.80. The molecule has 3 aromatic heterocycles. The number of rotatable bonds is 9. The van der Waals surface area contributed by atoms with Crippen LogP contribution in [0.15, 0.2) is 18.5 Å². The van der Waals surface area contributed by atoms with Crippen molar-refractivity contribution in [3.63, 3.8) is 0 Å². The second-order valence-corrected chi connectivity index (χ2v) is 14.7. The molecular weight excluding hydrogens is 631 g/mol. The number of aryl methyl sites for hydroxylation is 1. The van der Waals surface area contributed by atoms with Gasteiger partial charge in [0.1, 0.15) is 22.9 Å². The maximum atomic E-state index is 17.1. The highest BCUT2D eigenvalue weighted by Gasteiger charge is 2.58. The molecule has 1 aromatic carbocycles. The SMILES string of the molecule is COCCCc1c(Cl)cc2[nH]ncc2c1-c1ncc2c(N3CCCC4(CC(O)C4)C3)nc(CCC34CCN3CC(F)(F)C4)nc2c1F. The third-order valence-corrected chi connectivity index (χ3v) is 11.5. The van der Waals surface area contributed by atoms with Gasteiger partial charge < -0.3 is 14.7 Å². The van der Waals surface area contributed by atoms with Gasteiger partial charge in [-0.15, -0.1) is 0 Å². The Morgan fingerprint density at radius 2 is 1.96 bits per heavy atom. The lowest BCUT2D eigenvalue weighted by Crippen LogP contribution is -2.55. The highest BCUT2D eigenvalue weighted by molar-refractivity contribution is 6.33. The number of piperidine rings is 1. The van der Waals surface area contributed by atoms with Gasteiger partial charge in [-0.1, -0.05) is 11.6 Å². The summed E-state index contributed by atoms with van der Waals surface area (Å²) in [4.78, 5) is 18.6. The maximum absolute atomic E-state index is 17.1. The molecule has 9 nitrogen and oxygen atoms in total. The molecule has 1 atom stereocenters. The topological polar surface area (TPSA) is 103 Å². The number of halogens is 4. The zero-order valence-electron chi connectivity index (χ0n) is 26.5. The summed E-state index contributed by atoms with van der Waals surface area (Å²) in [6.07, 6.45) is 9.07. The largest absolute Gasteiger partial charge is 0.393 e. The minimum absolute atomic E-state index is 0.00657. The molecule has 8 rings (SSSR count). The van der Waals surface area contributed by atoms with E-state index >= 15 is 4.39 Å². The quantitative estimate of drug-likeness (QED) is 0.206. The zero-order valence-corrected chi connectivity index (χ0v) is 27.2. The Kier molecular flexibility index (Phi) is 7.66. The molecule has 4 aliphatic rings. The number of hydrogen-bond donors (Lipinski definition) is 2. The molecule has 0 amide bonds. The van der Waals surface area contributed by atoms with Crippen molar-refractivity contribution in [1.82, 2.24) is 30.0 Å². The highest BCUT2D eigenvalue weighted by Crippen LogP contribution is 2.51. The van der Waals surface area contributed by atoms with Crippen LogP contribution in [0.1, 0.15) is 62.8 Å². The molecule has 0 radical (unpaired) electrons. The van der Waals surface area contributed by atoms with E-state index in [4.69, 9.17) is 31.3 Å². The number of aliphatic hydroxyl groups is 1. The van der Waals surface area contributed by atoms with Crippen molar-refractivity contribution in [1.29, 1.82) is 0 Å². The van der Waals surface area contributed by atoms with Crippen LogP contribution < -0.4 is 4.90 Å². The van der Waals surface area contributed by atoms with Gasteiger partial charge in [0.25, 0.3) is 5.92 Å². The summed E-state index contributed by atoms with van der Waals surface area (Å²) < 4.78 is 51.2. The van der Waals surface area contributed by atoms with E-state index in [9.17, 15) is 13.9 Å². The van der Waals surface area contributed by atoms with Gasteiger partial charge in [-0.3, -0.25) is 15.0 Å². The van der Waals surface area contributed by atoms with E-state index in [1.807, 2.05) is 4.90 Å². The maximum Gasteiger partial charge on any atom is 0.262 e. The standard InChI is InChI=1S/C34H39ClF3N7O2/c1-47-11-2-4-21-24(35)12-25-22(16-40-43-25)27(21)30-28(36)29-23(15-39-30)31(44-9-3-6-32(18-44)13-20(46)14-32)42-26(41-29)5-7-33-8-10-45(33)19-34(37,38)17-33/h12,15-16,20,46H,2-11,13-14,17-19H2,1H3,(H,40,43). The number of H-pyrrole nitrogens is 1. The predicted octanol–water partition coefficient (Wildman–Crippen LogP) is 6.10. The molecule has 47 heavy (non-hydrogen) atoms. The Balaban J connectivity index is 1.24. The number of aliphatic hydroxyl groups excluding tert-OH is 1. The van der Waals surface area contributed by atoms with Gasteiger partial charge >= 0.3 is 0 Å². The number of ether oxygens (including phenoxy) is 1. The smallest absolute Gasteiger partial charge is 0.262 e. The van der Waals surface area contributed by atoms with E-state index in [0.29, 0.717) is 90.3 Å². The molecule has 2 N–H and O–H groups in total. The van der Waals surface area contributed by atoms with Gasteiger partial charge in [-0.2, -0.15) is 5.10 Å². The first-order valence-corrected chi connectivity index (χ1v) is 17.0. The van der Waals surface area contributed by atoms with Crippen molar-refractivity contribution in [2.24, 2.45) is 5.41 Å². The molecule has 1 saturated carbocycles. The molecule has 3 aliphatic heterocycles. The first kappa shape index (κ1) is 31.2. The molecule has 1 aliphatic carbocycles. The van der Waals surface area contributed by atoms with Crippen molar-refractivity contribution in [2.45, 2.75) is 81.8 Å². The number of anilines is 1. The number of hydrogen-bond acceptors (Lipinski definition) is 8. The molecule has 4 fully saturated rings. The molecule has 4 aromatic rings. The van der Waals surface area contributed by atoms with Crippen LogP contribution in [-0.4, -0.2) is 92.6 Å². The molecule has 250 valence electrons. The van der Waals surface area contributed by atoms with Crippen LogP contribution in [0.4, 0.5) is 19.0 Å². The van der Waals surface area contributed by atoms with Gasteiger partial charge in [-0.05, 0) is 68.4 Å². The van der Waals surface area contributed by atoms with Crippen molar-refractivity contribution in [3.8, 4) is 11.3 Å². The van der Waals surface area contributed by atoms with Crippen molar-refractivity contribution < 1.29 is 23.0 Å². The lowest BCUT2D eigenvalue weighted by atomic mass is 9.62. The Hall–Kier alpha value is -3.06. The van der Waals surface area contributed by atoms with Gasteiger partial charge in [0.15, 0.2) is 5.82 Å². The highest BCUT2D eigenvalue weighted by atomic mass is 35.5. The zero-order chi connectivity index (χ0) is 32.6. The number of aromatic amines is 1. The van der Waals surface area contributed by atoms with Crippen molar-refractivity contribution in [2.75, 3.05) is 44.8 Å². The molecule has 6 heterocycles. The molecule has 3 saturated heterocycles. The Morgan fingerprint density at radius 3 is 2.70 bits per heavy atom. The fraction of sp³-hybridized carbons (Fsp3) is 0.588. The van der Waals surface area contributed by atoms with Gasteiger partial charge in [0.2, 0.25) is 0 Å². The first-order chi connectivity index (χ1) is 22.6. The summed E-state index contributed by atoms with van der Waals surface area (Å²) in [6.45, 7) is 2.42. The number of alkyl halides is 2. The van der Waals surface area contributed by atoms with Crippen LogP contribution in [0.5, 0.6) is 0 Å². The number of benzene rings is 1. The third-order valence-electron chi connectivity index (χ3n) is 11.2. The van der Waals surface area contributed by atoms with E-state index in [2.05, 4.69) is 15.1 Å².